The van der Waals surface area contributed by atoms with E-state index in [2.05, 4.69) is 60.7 Å². The molecule has 0 spiro atoms. The smallest absolute Gasteiger partial charge is 0.312 e. The van der Waals surface area contributed by atoms with E-state index in [-0.39, 0.29) is 5.97 Å². The molecule has 0 bridgehead atoms. The molecule has 0 saturated heterocycles. The first-order valence-electron chi connectivity index (χ1n) is 10.8. The van der Waals surface area contributed by atoms with Gasteiger partial charge in [-0.25, -0.2) is 0 Å². The van der Waals surface area contributed by atoms with Gasteiger partial charge in [0.05, 0.1) is 5.41 Å². The summed E-state index contributed by atoms with van der Waals surface area (Å²) in [6, 6.07) is 21.6. The van der Waals surface area contributed by atoms with Crippen LogP contribution in [0.25, 0.3) is 21.9 Å². The van der Waals surface area contributed by atoms with Crippen LogP contribution in [0.2, 0.25) is 0 Å². The summed E-state index contributed by atoms with van der Waals surface area (Å²) in [5, 5.41) is 2.43. The molecule has 3 aromatic rings. The Morgan fingerprint density at radius 3 is 2.17 bits per heavy atom. The van der Waals surface area contributed by atoms with Gasteiger partial charge in [-0.05, 0) is 67.6 Å². The lowest BCUT2D eigenvalue weighted by atomic mass is 9.77. The summed E-state index contributed by atoms with van der Waals surface area (Å²) in [5.41, 5.74) is 3.53. The summed E-state index contributed by atoms with van der Waals surface area (Å²) >= 11 is 0. The van der Waals surface area contributed by atoms with Crippen molar-refractivity contribution >= 4 is 16.7 Å². The van der Waals surface area contributed by atoms with E-state index in [4.69, 9.17) is 4.74 Å². The molecule has 1 unspecified atom stereocenters. The van der Waals surface area contributed by atoms with Gasteiger partial charge in [0, 0.05) is 17.0 Å². The Morgan fingerprint density at radius 2 is 1.48 bits per heavy atom. The Bertz CT molecular complexity index is 1100. The van der Waals surface area contributed by atoms with Gasteiger partial charge in [-0.1, -0.05) is 61.4 Å². The van der Waals surface area contributed by atoms with Crippen molar-refractivity contribution in [3.8, 4) is 11.1 Å². The van der Waals surface area contributed by atoms with E-state index >= 15 is 0 Å². The molecule has 148 valence electrons. The summed E-state index contributed by atoms with van der Waals surface area (Å²) in [5.74, 6) is 0.192. The largest absolute Gasteiger partial charge is 0.448 e. The van der Waals surface area contributed by atoms with E-state index in [0.717, 1.165) is 18.4 Å². The number of carbonyl (C=O) groups is 1. The highest BCUT2D eigenvalue weighted by molar-refractivity contribution is 5.94. The van der Waals surface area contributed by atoms with E-state index < -0.39 is 11.0 Å². The second-order valence-electron chi connectivity index (χ2n) is 9.65. The minimum absolute atomic E-state index is 0.125. The topological polar surface area (TPSA) is 26.3 Å². The van der Waals surface area contributed by atoms with Crippen molar-refractivity contribution in [3.05, 3.63) is 71.8 Å². The van der Waals surface area contributed by atoms with Crippen LogP contribution >= 0.6 is 0 Å². The molecular weight excluding hydrogens is 356 g/mol. The zero-order chi connectivity index (χ0) is 20.2. The van der Waals surface area contributed by atoms with Gasteiger partial charge in [-0.3, -0.25) is 4.79 Å². The molecule has 2 aliphatic carbocycles. The average molecular weight is 385 g/mol. The first-order chi connectivity index (χ1) is 13.9. The molecule has 0 radical (unpaired) electrons. The first-order valence-corrected chi connectivity index (χ1v) is 10.8. The predicted molar refractivity (Wildman–Crippen MR) is 118 cm³/mol. The van der Waals surface area contributed by atoms with Gasteiger partial charge >= 0.3 is 5.97 Å². The van der Waals surface area contributed by atoms with E-state index in [9.17, 15) is 4.79 Å². The highest BCUT2D eigenvalue weighted by atomic mass is 16.6. The van der Waals surface area contributed by atoms with Gasteiger partial charge in [-0.2, -0.15) is 0 Å². The fourth-order valence-electron chi connectivity index (χ4n) is 5.22. The van der Waals surface area contributed by atoms with Crippen LogP contribution in [0.5, 0.6) is 0 Å². The van der Waals surface area contributed by atoms with Gasteiger partial charge in [-0.15, -0.1) is 0 Å². The Balaban J connectivity index is 1.82. The molecule has 1 fully saturated rings. The molecule has 0 N–H and O–H groups in total. The van der Waals surface area contributed by atoms with Gasteiger partial charge in [0.1, 0.15) is 0 Å². The second-order valence-corrected chi connectivity index (χ2v) is 9.65. The Kier molecular flexibility index (Phi) is 4.10. The maximum atomic E-state index is 13.2. The van der Waals surface area contributed by atoms with Crippen molar-refractivity contribution in [3.63, 3.8) is 0 Å². The van der Waals surface area contributed by atoms with Gasteiger partial charge in [0.15, 0.2) is 5.60 Å². The minimum Gasteiger partial charge on any atom is -0.448 e. The summed E-state index contributed by atoms with van der Waals surface area (Å²) in [7, 11) is 0. The number of hydrogen-bond acceptors (Lipinski definition) is 2. The molecule has 5 rings (SSSR count). The number of benzene rings is 3. The first kappa shape index (κ1) is 18.4. The standard InChI is InChI=1S/C27H28O2/c1-26(2,3)25(28)29-27(20-12-6-7-13-20)23-15-9-8-14-21(23)22-16-18-10-4-5-11-19(18)17-24(22)27/h4-5,8-11,14-17,20H,6-7,12-13H2,1-3H3. The minimum atomic E-state index is -0.684. The third-order valence-electron chi connectivity index (χ3n) is 6.70. The highest BCUT2D eigenvalue weighted by Crippen LogP contribution is 2.58. The molecule has 2 nitrogen and oxygen atoms in total. The molecule has 0 amide bonds. The molecule has 29 heavy (non-hydrogen) atoms. The number of carbonyl (C=O) groups excluding carboxylic acids is 1. The quantitative estimate of drug-likeness (QED) is 0.452. The third-order valence-corrected chi connectivity index (χ3v) is 6.70. The third kappa shape index (κ3) is 2.73. The lowest BCUT2D eigenvalue weighted by molar-refractivity contribution is -0.171. The van der Waals surface area contributed by atoms with Crippen LogP contribution in [0.1, 0.15) is 57.6 Å². The molecule has 3 aromatic carbocycles. The lowest BCUT2D eigenvalue weighted by Crippen LogP contribution is -2.41. The SMILES string of the molecule is CC(C)(C)C(=O)OC1(C2CCCC2)c2ccccc2-c2cc3ccccc3cc21. The van der Waals surface area contributed by atoms with Crippen molar-refractivity contribution in [2.24, 2.45) is 11.3 Å². The van der Waals surface area contributed by atoms with Crippen LogP contribution in [0, 0.1) is 11.3 Å². The van der Waals surface area contributed by atoms with Crippen molar-refractivity contribution in [1.29, 1.82) is 0 Å². The number of hydrogen-bond donors (Lipinski definition) is 0. The van der Waals surface area contributed by atoms with Gasteiger partial charge in [0.2, 0.25) is 0 Å². The summed E-state index contributed by atoms with van der Waals surface area (Å²) in [6.07, 6.45) is 4.59. The molecule has 2 heteroatoms. The van der Waals surface area contributed by atoms with E-state index in [1.807, 2.05) is 20.8 Å². The fraction of sp³-hybridized carbons (Fsp3) is 0.370. The maximum absolute atomic E-state index is 13.2. The summed E-state index contributed by atoms with van der Waals surface area (Å²) in [4.78, 5) is 13.2. The second kappa shape index (κ2) is 6.45. The predicted octanol–water partition coefficient (Wildman–Crippen LogP) is 6.84. The molecule has 0 aliphatic heterocycles. The molecule has 0 aromatic heterocycles. The molecular formula is C27H28O2. The molecule has 1 atom stereocenters. The van der Waals surface area contributed by atoms with Crippen molar-refractivity contribution in [1.82, 2.24) is 0 Å². The van der Waals surface area contributed by atoms with Gasteiger partial charge in [0.25, 0.3) is 0 Å². The van der Waals surface area contributed by atoms with E-state index in [1.54, 1.807) is 0 Å². The number of ether oxygens (including phenoxy) is 1. The van der Waals surface area contributed by atoms with Crippen LogP contribution < -0.4 is 0 Å². The Hall–Kier alpha value is -2.61. The van der Waals surface area contributed by atoms with Crippen LogP contribution in [-0.4, -0.2) is 5.97 Å². The Labute approximate surface area is 172 Å². The normalized spacial score (nSPS) is 21.2. The van der Waals surface area contributed by atoms with Gasteiger partial charge < -0.3 is 4.74 Å². The molecule has 2 aliphatic rings. The van der Waals surface area contributed by atoms with Crippen LogP contribution in [0.3, 0.4) is 0 Å². The van der Waals surface area contributed by atoms with Crippen molar-refractivity contribution in [2.75, 3.05) is 0 Å². The molecule has 1 saturated carbocycles. The van der Waals surface area contributed by atoms with Crippen molar-refractivity contribution < 1.29 is 9.53 Å². The Morgan fingerprint density at radius 1 is 0.862 bits per heavy atom. The lowest BCUT2D eigenvalue weighted by Gasteiger charge is -2.39. The van der Waals surface area contributed by atoms with E-state index in [0.29, 0.717) is 5.92 Å². The molecule has 0 heterocycles. The maximum Gasteiger partial charge on any atom is 0.312 e. The zero-order valence-corrected chi connectivity index (χ0v) is 17.5. The van der Waals surface area contributed by atoms with Crippen LogP contribution in [0.4, 0.5) is 0 Å². The van der Waals surface area contributed by atoms with Crippen molar-refractivity contribution in [2.45, 2.75) is 52.1 Å². The van der Waals surface area contributed by atoms with Crippen LogP contribution in [0.15, 0.2) is 60.7 Å². The summed E-state index contributed by atoms with van der Waals surface area (Å²) in [6.45, 7) is 5.83. The zero-order valence-electron chi connectivity index (χ0n) is 17.5. The number of rotatable bonds is 2. The monoisotopic (exact) mass is 384 g/mol. The highest BCUT2D eigenvalue weighted by Gasteiger charge is 2.53. The average Bonchev–Trinajstić information content (AvgIpc) is 3.33. The fourth-order valence-corrected chi connectivity index (χ4v) is 5.22. The van der Waals surface area contributed by atoms with E-state index in [1.165, 1.54) is 40.3 Å². The summed E-state index contributed by atoms with van der Waals surface area (Å²) < 4.78 is 6.61. The van der Waals surface area contributed by atoms with Crippen LogP contribution in [-0.2, 0) is 15.1 Å². The number of esters is 1. The number of fused-ring (bicyclic) bond motifs is 4.